The summed E-state index contributed by atoms with van der Waals surface area (Å²) in [6, 6.07) is 21.0. The van der Waals surface area contributed by atoms with Crippen LogP contribution in [0.15, 0.2) is 77.3 Å². The van der Waals surface area contributed by atoms with Gasteiger partial charge in [-0.15, -0.1) is 0 Å². The highest BCUT2D eigenvalue weighted by molar-refractivity contribution is 6.00. The average Bonchev–Trinajstić information content (AvgIpc) is 3.39. The molecule has 3 aromatic carbocycles. The van der Waals surface area contributed by atoms with E-state index in [4.69, 9.17) is 9.26 Å². The fraction of sp³-hybridized carbons (Fsp3) is 0.192. The van der Waals surface area contributed by atoms with E-state index in [-0.39, 0.29) is 17.6 Å². The third kappa shape index (κ3) is 4.34. The van der Waals surface area contributed by atoms with E-state index >= 15 is 0 Å². The van der Waals surface area contributed by atoms with Crippen LogP contribution in [0, 0.1) is 5.82 Å². The lowest BCUT2D eigenvalue weighted by molar-refractivity contribution is 0.0747. The molecule has 5 rings (SSSR count). The molecule has 0 radical (unpaired) electrons. The highest BCUT2D eigenvalue weighted by Gasteiger charge is 2.26. The van der Waals surface area contributed by atoms with Crippen LogP contribution in [0.4, 0.5) is 10.1 Å². The standard InChI is InChI=1S/C26H23FN4O3/c1-33-21-6-4-5-20(17-21)30-13-15-31(16-14-30)26(32)23-8-3-2-7-22(23)25-28-24(29-34-25)18-9-11-19(27)12-10-18/h2-12,17H,13-16H2,1H3. The Balaban J connectivity index is 1.33. The van der Waals surface area contributed by atoms with Crippen LogP contribution in [0.1, 0.15) is 10.4 Å². The van der Waals surface area contributed by atoms with Crippen molar-refractivity contribution in [3.63, 3.8) is 0 Å². The molecule has 34 heavy (non-hydrogen) atoms. The fourth-order valence-electron chi connectivity index (χ4n) is 4.05. The maximum Gasteiger partial charge on any atom is 0.259 e. The first-order chi connectivity index (χ1) is 16.6. The molecule has 2 heterocycles. The number of methoxy groups -OCH3 is 1. The van der Waals surface area contributed by atoms with E-state index < -0.39 is 0 Å². The van der Waals surface area contributed by atoms with E-state index in [1.54, 1.807) is 31.4 Å². The maximum absolute atomic E-state index is 13.4. The summed E-state index contributed by atoms with van der Waals surface area (Å²) in [5.74, 6) is 0.976. The summed E-state index contributed by atoms with van der Waals surface area (Å²) < 4.78 is 24.0. The molecule has 8 heteroatoms. The van der Waals surface area contributed by atoms with Crippen molar-refractivity contribution in [2.45, 2.75) is 0 Å². The monoisotopic (exact) mass is 458 g/mol. The molecule has 1 aliphatic heterocycles. The molecule has 4 aromatic rings. The summed E-state index contributed by atoms with van der Waals surface area (Å²) in [5.41, 5.74) is 2.79. The van der Waals surface area contributed by atoms with Crippen LogP contribution >= 0.6 is 0 Å². The minimum Gasteiger partial charge on any atom is -0.497 e. The second-order valence-electron chi connectivity index (χ2n) is 7.96. The highest BCUT2D eigenvalue weighted by Crippen LogP contribution is 2.27. The molecule has 7 nitrogen and oxygen atoms in total. The van der Waals surface area contributed by atoms with Gasteiger partial charge in [0.25, 0.3) is 11.8 Å². The molecule has 0 aliphatic carbocycles. The van der Waals surface area contributed by atoms with E-state index in [0.717, 1.165) is 24.5 Å². The topological polar surface area (TPSA) is 71.7 Å². The predicted octanol–water partition coefficient (Wildman–Crippen LogP) is 4.51. The number of carbonyl (C=O) groups is 1. The third-order valence-electron chi connectivity index (χ3n) is 5.90. The summed E-state index contributed by atoms with van der Waals surface area (Å²) in [6.07, 6.45) is 0. The van der Waals surface area contributed by atoms with Crippen LogP contribution < -0.4 is 9.64 Å². The van der Waals surface area contributed by atoms with Gasteiger partial charge >= 0.3 is 0 Å². The molecule has 1 fully saturated rings. The second kappa shape index (κ2) is 9.35. The predicted molar refractivity (Wildman–Crippen MR) is 126 cm³/mol. The van der Waals surface area contributed by atoms with Gasteiger partial charge in [0.2, 0.25) is 5.82 Å². The highest BCUT2D eigenvalue weighted by atomic mass is 19.1. The quantitative estimate of drug-likeness (QED) is 0.438. The van der Waals surface area contributed by atoms with Gasteiger partial charge in [-0.1, -0.05) is 23.4 Å². The molecular formula is C26H23FN4O3. The molecule has 1 amide bonds. The number of amides is 1. The van der Waals surface area contributed by atoms with Crippen molar-refractivity contribution in [3.8, 4) is 28.6 Å². The summed E-state index contributed by atoms with van der Waals surface area (Å²) >= 11 is 0. The molecule has 0 bridgehead atoms. The maximum atomic E-state index is 13.4. The Kier molecular flexibility index (Phi) is 5.95. The first-order valence-corrected chi connectivity index (χ1v) is 11.0. The molecule has 0 atom stereocenters. The normalized spacial score (nSPS) is 13.7. The van der Waals surface area contributed by atoms with Crippen molar-refractivity contribution in [1.82, 2.24) is 15.0 Å². The van der Waals surface area contributed by atoms with Gasteiger partial charge in [0.15, 0.2) is 0 Å². The number of aromatic nitrogens is 2. The largest absolute Gasteiger partial charge is 0.497 e. The number of hydrogen-bond acceptors (Lipinski definition) is 6. The number of halogens is 1. The number of rotatable bonds is 5. The molecule has 172 valence electrons. The lowest BCUT2D eigenvalue weighted by Crippen LogP contribution is -2.48. The smallest absolute Gasteiger partial charge is 0.259 e. The second-order valence-corrected chi connectivity index (χ2v) is 7.96. The van der Waals surface area contributed by atoms with Crippen LogP contribution in [0.25, 0.3) is 22.8 Å². The van der Waals surface area contributed by atoms with Crippen LogP contribution in [0.3, 0.4) is 0 Å². The number of hydrogen-bond donors (Lipinski definition) is 0. The minimum atomic E-state index is -0.338. The zero-order valence-electron chi connectivity index (χ0n) is 18.6. The van der Waals surface area contributed by atoms with E-state index in [0.29, 0.717) is 35.6 Å². The van der Waals surface area contributed by atoms with Crippen LogP contribution in [-0.4, -0.2) is 54.2 Å². The number of ether oxygens (including phenoxy) is 1. The summed E-state index contributed by atoms with van der Waals surface area (Å²) in [4.78, 5) is 21.9. The fourth-order valence-corrected chi connectivity index (χ4v) is 4.05. The SMILES string of the molecule is COc1cccc(N2CCN(C(=O)c3ccccc3-c3nc(-c4ccc(F)cc4)no3)CC2)c1. The van der Waals surface area contributed by atoms with Crippen LogP contribution in [-0.2, 0) is 0 Å². The van der Waals surface area contributed by atoms with Crippen molar-refractivity contribution in [2.24, 2.45) is 0 Å². The molecule has 0 unspecified atom stereocenters. The van der Waals surface area contributed by atoms with Gasteiger partial charge < -0.3 is 19.1 Å². The molecule has 0 spiro atoms. The van der Waals surface area contributed by atoms with Gasteiger partial charge in [-0.2, -0.15) is 4.98 Å². The Labute approximate surface area is 196 Å². The van der Waals surface area contributed by atoms with Crippen LogP contribution in [0.2, 0.25) is 0 Å². The van der Waals surface area contributed by atoms with Crippen molar-refractivity contribution >= 4 is 11.6 Å². The van der Waals surface area contributed by atoms with Crippen LogP contribution in [0.5, 0.6) is 5.75 Å². The zero-order valence-corrected chi connectivity index (χ0v) is 18.6. The van der Waals surface area contributed by atoms with Gasteiger partial charge in [0.05, 0.1) is 18.2 Å². The molecule has 1 aromatic heterocycles. The lowest BCUT2D eigenvalue weighted by atomic mass is 10.1. The molecule has 1 saturated heterocycles. The Morgan fingerprint density at radius 1 is 0.971 bits per heavy atom. The zero-order chi connectivity index (χ0) is 23.5. The van der Waals surface area contributed by atoms with Crippen molar-refractivity contribution in [3.05, 3.63) is 84.2 Å². The average molecular weight is 458 g/mol. The van der Waals surface area contributed by atoms with E-state index in [1.165, 1.54) is 12.1 Å². The Bertz CT molecular complexity index is 1300. The van der Waals surface area contributed by atoms with Gasteiger partial charge in [-0.3, -0.25) is 4.79 Å². The molecule has 0 N–H and O–H groups in total. The van der Waals surface area contributed by atoms with Gasteiger partial charge in [0, 0.05) is 43.5 Å². The third-order valence-corrected chi connectivity index (χ3v) is 5.90. The summed E-state index contributed by atoms with van der Waals surface area (Å²) in [6.45, 7) is 2.62. The lowest BCUT2D eigenvalue weighted by Gasteiger charge is -2.36. The first-order valence-electron chi connectivity index (χ1n) is 11.0. The number of piperazine rings is 1. The van der Waals surface area contributed by atoms with E-state index in [9.17, 15) is 9.18 Å². The minimum absolute atomic E-state index is 0.0811. The Morgan fingerprint density at radius 2 is 1.74 bits per heavy atom. The number of anilines is 1. The van der Waals surface area contributed by atoms with E-state index in [1.807, 2.05) is 41.3 Å². The Hall–Kier alpha value is -4.20. The van der Waals surface area contributed by atoms with Gasteiger partial charge in [-0.05, 0) is 48.5 Å². The van der Waals surface area contributed by atoms with E-state index in [2.05, 4.69) is 15.0 Å². The van der Waals surface area contributed by atoms with Crippen molar-refractivity contribution in [1.29, 1.82) is 0 Å². The molecule has 1 aliphatic rings. The first kappa shape index (κ1) is 21.6. The Morgan fingerprint density at radius 3 is 2.50 bits per heavy atom. The number of benzene rings is 3. The summed E-state index contributed by atoms with van der Waals surface area (Å²) in [5, 5.41) is 4.01. The van der Waals surface area contributed by atoms with Gasteiger partial charge in [0.1, 0.15) is 11.6 Å². The summed E-state index contributed by atoms with van der Waals surface area (Å²) in [7, 11) is 1.65. The van der Waals surface area contributed by atoms with Crippen molar-refractivity contribution < 1.29 is 18.4 Å². The van der Waals surface area contributed by atoms with Crippen molar-refractivity contribution in [2.75, 3.05) is 38.2 Å². The molecular weight excluding hydrogens is 435 g/mol. The number of nitrogens with zero attached hydrogens (tertiary/aromatic N) is 4. The van der Waals surface area contributed by atoms with Gasteiger partial charge in [-0.25, -0.2) is 4.39 Å². The number of carbonyl (C=O) groups excluding carboxylic acids is 1. The molecule has 0 saturated carbocycles.